The summed E-state index contributed by atoms with van der Waals surface area (Å²) in [4.78, 5) is 0. The zero-order chi connectivity index (χ0) is 15.1. The van der Waals surface area contributed by atoms with Crippen molar-refractivity contribution in [2.45, 2.75) is 45.6 Å². The fourth-order valence-corrected chi connectivity index (χ4v) is 4.03. The lowest BCUT2D eigenvalue weighted by Crippen LogP contribution is -2.11. The number of aromatic nitrogens is 1. The molecule has 0 amide bonds. The van der Waals surface area contributed by atoms with E-state index in [0.29, 0.717) is 5.92 Å². The summed E-state index contributed by atoms with van der Waals surface area (Å²) in [5.41, 5.74) is 7.35. The van der Waals surface area contributed by atoms with Crippen LogP contribution in [-0.4, -0.2) is 4.57 Å². The first-order valence-electron chi connectivity index (χ1n) is 8.39. The Kier molecular flexibility index (Phi) is 3.29. The summed E-state index contributed by atoms with van der Waals surface area (Å²) < 4.78 is 2.56. The Labute approximate surface area is 132 Å². The first kappa shape index (κ1) is 13.6. The molecular formula is C21H23N. The molecule has 1 atom stereocenters. The molecule has 1 heterocycles. The van der Waals surface area contributed by atoms with Crippen molar-refractivity contribution < 1.29 is 0 Å². The number of fused-ring (bicyclic) bond motifs is 3. The summed E-state index contributed by atoms with van der Waals surface area (Å²) in [6.45, 7) is 5.59. The highest BCUT2D eigenvalue weighted by molar-refractivity contribution is 5.87. The van der Waals surface area contributed by atoms with Crippen molar-refractivity contribution in [1.82, 2.24) is 4.57 Å². The molecule has 0 radical (unpaired) electrons. The van der Waals surface area contributed by atoms with Crippen LogP contribution in [0.5, 0.6) is 0 Å². The molecule has 0 N–H and O–H groups in total. The monoisotopic (exact) mass is 289 g/mol. The third kappa shape index (κ3) is 2.16. The Morgan fingerprint density at radius 2 is 1.91 bits per heavy atom. The molecular weight excluding hydrogens is 266 g/mol. The highest BCUT2D eigenvalue weighted by atomic mass is 15.0. The van der Waals surface area contributed by atoms with Crippen LogP contribution in [0.3, 0.4) is 0 Å². The van der Waals surface area contributed by atoms with Gasteiger partial charge in [0.2, 0.25) is 0 Å². The van der Waals surface area contributed by atoms with Crippen LogP contribution in [-0.2, 0) is 13.0 Å². The SMILES string of the molecule is Cc1ccc2c(c1)c1c(n2Cc2ccccc2)CCCC1C. The number of hydrogen-bond donors (Lipinski definition) is 0. The van der Waals surface area contributed by atoms with Crippen LogP contribution >= 0.6 is 0 Å². The fraction of sp³-hybridized carbons (Fsp3) is 0.333. The third-order valence-electron chi connectivity index (χ3n) is 5.10. The van der Waals surface area contributed by atoms with Crippen LogP contribution < -0.4 is 0 Å². The maximum atomic E-state index is 2.56. The van der Waals surface area contributed by atoms with E-state index in [1.807, 2.05) is 0 Å². The highest BCUT2D eigenvalue weighted by Gasteiger charge is 2.24. The molecule has 1 heteroatoms. The van der Waals surface area contributed by atoms with Crippen LogP contribution in [0, 0.1) is 6.92 Å². The van der Waals surface area contributed by atoms with Crippen molar-refractivity contribution in [2.75, 3.05) is 0 Å². The molecule has 22 heavy (non-hydrogen) atoms. The van der Waals surface area contributed by atoms with Crippen molar-refractivity contribution in [2.24, 2.45) is 0 Å². The second kappa shape index (κ2) is 5.31. The lowest BCUT2D eigenvalue weighted by atomic mass is 9.86. The first-order chi connectivity index (χ1) is 10.7. The van der Waals surface area contributed by atoms with E-state index in [4.69, 9.17) is 0 Å². The summed E-state index contributed by atoms with van der Waals surface area (Å²) >= 11 is 0. The average Bonchev–Trinajstić information content (AvgIpc) is 2.83. The molecule has 3 aromatic rings. The van der Waals surface area contributed by atoms with Crippen molar-refractivity contribution in [3.63, 3.8) is 0 Å². The molecule has 0 saturated carbocycles. The molecule has 1 aromatic heterocycles. The molecule has 1 nitrogen and oxygen atoms in total. The summed E-state index contributed by atoms with van der Waals surface area (Å²) in [5.74, 6) is 0.685. The predicted molar refractivity (Wildman–Crippen MR) is 93.6 cm³/mol. The highest BCUT2D eigenvalue weighted by Crippen LogP contribution is 2.39. The minimum atomic E-state index is 0.685. The number of rotatable bonds is 2. The fourth-order valence-electron chi connectivity index (χ4n) is 4.03. The van der Waals surface area contributed by atoms with Crippen LogP contribution in [0.2, 0.25) is 0 Å². The molecule has 4 rings (SSSR count). The van der Waals surface area contributed by atoms with Crippen LogP contribution in [0.4, 0.5) is 0 Å². The predicted octanol–water partition coefficient (Wildman–Crippen LogP) is 5.44. The number of aryl methyl sites for hydroxylation is 1. The molecule has 112 valence electrons. The number of nitrogens with zero attached hydrogens (tertiary/aromatic N) is 1. The van der Waals surface area contributed by atoms with Gasteiger partial charge < -0.3 is 4.57 Å². The maximum Gasteiger partial charge on any atom is 0.0488 e. The lowest BCUT2D eigenvalue weighted by Gasteiger charge is -2.21. The van der Waals surface area contributed by atoms with E-state index < -0.39 is 0 Å². The van der Waals surface area contributed by atoms with E-state index in [1.165, 1.54) is 41.3 Å². The van der Waals surface area contributed by atoms with Gasteiger partial charge in [-0.15, -0.1) is 0 Å². The Balaban J connectivity index is 1.94. The van der Waals surface area contributed by atoms with E-state index >= 15 is 0 Å². The van der Waals surface area contributed by atoms with Crippen LogP contribution in [0.1, 0.15) is 48.1 Å². The molecule has 0 spiro atoms. The third-order valence-corrected chi connectivity index (χ3v) is 5.10. The van der Waals surface area contributed by atoms with Crippen LogP contribution in [0.15, 0.2) is 48.5 Å². The Hall–Kier alpha value is -2.02. The number of hydrogen-bond acceptors (Lipinski definition) is 0. The van der Waals surface area contributed by atoms with E-state index in [-0.39, 0.29) is 0 Å². The first-order valence-corrected chi connectivity index (χ1v) is 8.39. The molecule has 0 fully saturated rings. The average molecular weight is 289 g/mol. The van der Waals surface area contributed by atoms with Gasteiger partial charge in [-0.2, -0.15) is 0 Å². The summed E-state index contributed by atoms with van der Waals surface area (Å²) in [6.07, 6.45) is 3.86. The Bertz CT molecular complexity index is 811. The standard InChI is InChI=1S/C21H23N/c1-15-11-12-19-18(13-15)21-16(2)7-6-10-20(21)22(19)14-17-8-4-3-5-9-17/h3-5,8-9,11-13,16H,6-7,10,14H2,1-2H3. The van der Waals surface area contributed by atoms with Gasteiger partial charge in [-0.05, 0) is 55.4 Å². The second-order valence-corrected chi connectivity index (χ2v) is 6.75. The summed E-state index contributed by atoms with van der Waals surface area (Å²) in [6, 6.07) is 17.8. The molecule has 0 bridgehead atoms. The van der Waals surface area contributed by atoms with Crippen molar-refractivity contribution in [3.05, 3.63) is 70.9 Å². The number of benzene rings is 2. The van der Waals surface area contributed by atoms with Gasteiger partial charge in [0.05, 0.1) is 0 Å². The second-order valence-electron chi connectivity index (χ2n) is 6.75. The molecule has 0 saturated heterocycles. The minimum absolute atomic E-state index is 0.685. The summed E-state index contributed by atoms with van der Waals surface area (Å²) in [5, 5.41) is 1.48. The normalized spacial score (nSPS) is 17.6. The van der Waals surface area contributed by atoms with E-state index in [2.05, 4.69) is 66.9 Å². The smallest absolute Gasteiger partial charge is 0.0488 e. The molecule has 2 aromatic carbocycles. The van der Waals surface area contributed by atoms with Crippen molar-refractivity contribution in [1.29, 1.82) is 0 Å². The van der Waals surface area contributed by atoms with Gasteiger partial charge in [0.15, 0.2) is 0 Å². The minimum Gasteiger partial charge on any atom is -0.340 e. The zero-order valence-electron chi connectivity index (χ0n) is 13.5. The van der Waals surface area contributed by atoms with E-state index in [0.717, 1.165) is 6.54 Å². The summed E-state index contributed by atoms with van der Waals surface area (Å²) in [7, 11) is 0. The maximum absolute atomic E-state index is 2.56. The van der Waals surface area contributed by atoms with Crippen molar-refractivity contribution in [3.8, 4) is 0 Å². The Morgan fingerprint density at radius 3 is 2.73 bits per heavy atom. The topological polar surface area (TPSA) is 4.93 Å². The van der Waals surface area contributed by atoms with E-state index in [1.54, 1.807) is 11.3 Å². The molecule has 1 aliphatic rings. The molecule has 0 aliphatic heterocycles. The largest absolute Gasteiger partial charge is 0.340 e. The van der Waals surface area contributed by atoms with Gasteiger partial charge in [0.1, 0.15) is 0 Å². The zero-order valence-corrected chi connectivity index (χ0v) is 13.5. The lowest BCUT2D eigenvalue weighted by molar-refractivity contribution is 0.568. The van der Waals surface area contributed by atoms with Crippen LogP contribution in [0.25, 0.3) is 10.9 Å². The quantitative estimate of drug-likeness (QED) is 0.592. The Morgan fingerprint density at radius 1 is 1.09 bits per heavy atom. The molecule has 1 unspecified atom stereocenters. The van der Waals surface area contributed by atoms with Crippen molar-refractivity contribution >= 4 is 10.9 Å². The van der Waals surface area contributed by atoms with Gasteiger partial charge in [0, 0.05) is 23.1 Å². The van der Waals surface area contributed by atoms with Gasteiger partial charge in [-0.25, -0.2) is 0 Å². The van der Waals surface area contributed by atoms with E-state index in [9.17, 15) is 0 Å². The molecule has 1 aliphatic carbocycles. The van der Waals surface area contributed by atoms with Gasteiger partial charge in [-0.3, -0.25) is 0 Å². The van der Waals surface area contributed by atoms with Gasteiger partial charge >= 0.3 is 0 Å². The van der Waals surface area contributed by atoms with Gasteiger partial charge in [-0.1, -0.05) is 48.9 Å². The van der Waals surface area contributed by atoms with Gasteiger partial charge in [0.25, 0.3) is 0 Å².